The van der Waals surface area contributed by atoms with E-state index in [1.165, 1.54) is 18.3 Å². The molecule has 35 heavy (non-hydrogen) atoms. The first-order valence-corrected chi connectivity index (χ1v) is 12.6. The van der Waals surface area contributed by atoms with Crippen molar-refractivity contribution in [3.05, 3.63) is 36.2 Å². The molecule has 2 rings (SSSR count). The Bertz CT molecular complexity index is 1200. The highest BCUT2D eigenvalue weighted by Crippen LogP contribution is 2.27. The first-order chi connectivity index (χ1) is 16.0. The van der Waals surface area contributed by atoms with Crippen LogP contribution in [0.15, 0.2) is 35.4 Å². The number of ether oxygens (including phenoxy) is 2. The van der Waals surface area contributed by atoms with Gasteiger partial charge in [0.15, 0.2) is 21.3 Å². The molecule has 0 spiro atoms. The minimum Gasteiger partial charge on any atom is -0.443 e. The van der Waals surface area contributed by atoms with Crippen LogP contribution >= 0.6 is 0 Å². The van der Waals surface area contributed by atoms with Crippen LogP contribution in [-0.2, 0) is 19.3 Å². The van der Waals surface area contributed by atoms with Gasteiger partial charge in [-0.15, -0.1) is 6.42 Å². The lowest BCUT2D eigenvalue weighted by Gasteiger charge is -2.33. The van der Waals surface area contributed by atoms with Crippen molar-refractivity contribution < 1.29 is 27.8 Å². The van der Waals surface area contributed by atoms with Crippen molar-refractivity contribution in [1.82, 2.24) is 9.97 Å². The van der Waals surface area contributed by atoms with Gasteiger partial charge in [-0.05, 0) is 73.4 Å². The number of carbonyl (C=O) groups excluding carboxylic acids is 1. The van der Waals surface area contributed by atoms with Crippen LogP contribution in [0.2, 0.25) is 0 Å². The Hall–Kier alpha value is -3.00. The van der Waals surface area contributed by atoms with Gasteiger partial charge in [-0.25, -0.2) is 28.1 Å². The second-order valence-electron chi connectivity index (χ2n) is 10.1. The lowest BCUT2D eigenvalue weighted by molar-refractivity contribution is -0.163. The molecule has 1 N–H and O–H groups in total. The van der Waals surface area contributed by atoms with Crippen LogP contribution in [0.1, 0.15) is 61.1 Å². The van der Waals surface area contributed by atoms with Crippen LogP contribution in [0.25, 0.3) is 11.3 Å². The van der Waals surface area contributed by atoms with Gasteiger partial charge in [0, 0.05) is 5.56 Å². The van der Waals surface area contributed by atoms with E-state index < -0.39 is 38.8 Å². The Kier molecular flexibility index (Phi) is 8.32. The Labute approximate surface area is 207 Å². The Balaban J connectivity index is 2.52. The predicted molar refractivity (Wildman–Crippen MR) is 133 cm³/mol. The SMILES string of the molecule is C#Cc1nc(-c2ccc(S(=O)(=O)C(C)C)cc2)cnc1N(C(=O)OC(C)(C)C)C(O)OC(C)(C)C. The van der Waals surface area contributed by atoms with E-state index in [-0.39, 0.29) is 16.4 Å². The monoisotopic (exact) mass is 503 g/mol. The van der Waals surface area contributed by atoms with E-state index in [1.807, 2.05) is 0 Å². The molecule has 0 radical (unpaired) electrons. The van der Waals surface area contributed by atoms with Crippen molar-refractivity contribution in [2.24, 2.45) is 0 Å². The molecule has 0 aliphatic heterocycles. The number of terminal acetylenes is 1. The zero-order chi connectivity index (χ0) is 26.8. The fraction of sp³-hybridized carbons (Fsp3) is 0.480. The third kappa shape index (κ3) is 7.24. The third-order valence-corrected chi connectivity index (χ3v) is 6.66. The Morgan fingerprint density at radius 2 is 1.66 bits per heavy atom. The molecule has 190 valence electrons. The molecule has 1 atom stereocenters. The van der Waals surface area contributed by atoms with Crippen molar-refractivity contribution >= 4 is 21.7 Å². The van der Waals surface area contributed by atoms with Crippen LogP contribution in [-0.4, -0.2) is 52.5 Å². The first kappa shape index (κ1) is 28.2. The predicted octanol–water partition coefficient (Wildman–Crippen LogP) is 4.14. The van der Waals surface area contributed by atoms with Gasteiger partial charge < -0.3 is 14.6 Å². The molecule has 0 aliphatic carbocycles. The summed E-state index contributed by atoms with van der Waals surface area (Å²) in [5.74, 6) is 2.26. The fourth-order valence-electron chi connectivity index (χ4n) is 2.84. The van der Waals surface area contributed by atoms with Gasteiger partial charge in [0.25, 0.3) is 0 Å². The molecule has 1 amide bonds. The topological polar surface area (TPSA) is 119 Å². The number of hydrogen-bond donors (Lipinski definition) is 1. The molecule has 1 aromatic carbocycles. The van der Waals surface area contributed by atoms with Gasteiger partial charge in [-0.1, -0.05) is 12.1 Å². The number of anilines is 1. The maximum Gasteiger partial charge on any atom is 0.420 e. The van der Waals surface area contributed by atoms with Crippen LogP contribution in [0.5, 0.6) is 0 Å². The zero-order valence-electron chi connectivity index (χ0n) is 21.4. The van der Waals surface area contributed by atoms with E-state index in [0.717, 1.165) is 4.90 Å². The van der Waals surface area contributed by atoms with Gasteiger partial charge in [-0.2, -0.15) is 0 Å². The number of aliphatic hydroxyl groups is 1. The smallest absolute Gasteiger partial charge is 0.420 e. The molecule has 1 aromatic heterocycles. The number of rotatable bonds is 6. The van der Waals surface area contributed by atoms with E-state index in [9.17, 15) is 18.3 Å². The second-order valence-corrected chi connectivity index (χ2v) is 12.6. The van der Waals surface area contributed by atoms with Gasteiger partial charge in [0.05, 0.1) is 27.6 Å². The van der Waals surface area contributed by atoms with E-state index in [2.05, 4.69) is 15.9 Å². The van der Waals surface area contributed by atoms with E-state index >= 15 is 0 Å². The largest absolute Gasteiger partial charge is 0.443 e. The molecule has 0 aliphatic rings. The summed E-state index contributed by atoms with van der Waals surface area (Å²) in [5, 5.41) is 10.2. The number of hydrogen-bond acceptors (Lipinski definition) is 8. The highest BCUT2D eigenvalue weighted by molar-refractivity contribution is 7.92. The lowest BCUT2D eigenvalue weighted by atomic mass is 10.1. The molecule has 0 saturated carbocycles. The van der Waals surface area contributed by atoms with Gasteiger partial charge in [0.2, 0.25) is 6.41 Å². The average Bonchev–Trinajstić information content (AvgIpc) is 2.71. The van der Waals surface area contributed by atoms with Crippen molar-refractivity contribution in [3.63, 3.8) is 0 Å². The molecule has 1 heterocycles. The molecule has 10 heteroatoms. The van der Waals surface area contributed by atoms with E-state index in [4.69, 9.17) is 15.9 Å². The Morgan fingerprint density at radius 3 is 2.11 bits per heavy atom. The molecule has 0 bridgehead atoms. The number of carbonyl (C=O) groups is 1. The summed E-state index contributed by atoms with van der Waals surface area (Å²) in [5.41, 5.74) is -0.784. The molecular formula is C25H33N3O6S. The number of aromatic nitrogens is 2. The minimum absolute atomic E-state index is 0.0382. The van der Waals surface area contributed by atoms with Crippen LogP contribution in [0.3, 0.4) is 0 Å². The van der Waals surface area contributed by atoms with Crippen molar-refractivity contribution in [2.45, 2.75) is 83.2 Å². The van der Waals surface area contributed by atoms with Crippen molar-refractivity contribution in [2.75, 3.05) is 4.90 Å². The molecule has 9 nitrogen and oxygen atoms in total. The Morgan fingerprint density at radius 1 is 1.09 bits per heavy atom. The fourth-order valence-corrected chi connectivity index (χ4v) is 3.90. The van der Waals surface area contributed by atoms with Gasteiger partial charge in [-0.3, -0.25) is 0 Å². The summed E-state index contributed by atoms with van der Waals surface area (Å²) in [7, 11) is -3.42. The third-order valence-electron chi connectivity index (χ3n) is 4.49. The van der Waals surface area contributed by atoms with Gasteiger partial charge in [0.1, 0.15) is 5.60 Å². The summed E-state index contributed by atoms with van der Waals surface area (Å²) in [6.45, 7) is 13.4. The lowest BCUT2D eigenvalue weighted by Crippen LogP contribution is -2.48. The summed E-state index contributed by atoms with van der Waals surface area (Å²) in [6, 6.07) is 6.18. The molecule has 1 unspecified atom stereocenters. The first-order valence-electron chi connectivity index (χ1n) is 11.0. The number of amides is 1. The second kappa shape index (κ2) is 10.3. The highest BCUT2D eigenvalue weighted by atomic mass is 32.2. The summed E-state index contributed by atoms with van der Waals surface area (Å²) < 4.78 is 35.8. The number of nitrogens with zero attached hydrogens (tertiary/aromatic N) is 3. The summed E-state index contributed by atoms with van der Waals surface area (Å²) in [6.07, 6.45) is 4.36. The molecule has 0 fully saturated rings. The highest BCUT2D eigenvalue weighted by Gasteiger charge is 2.34. The van der Waals surface area contributed by atoms with Crippen molar-refractivity contribution in [3.8, 4) is 23.6 Å². The average molecular weight is 504 g/mol. The number of aliphatic hydroxyl groups excluding tert-OH is 1. The minimum atomic E-state index is -3.42. The maximum atomic E-state index is 13.0. The summed E-state index contributed by atoms with van der Waals surface area (Å²) >= 11 is 0. The number of benzene rings is 1. The molecule has 0 saturated heterocycles. The maximum absolute atomic E-state index is 13.0. The van der Waals surface area contributed by atoms with Crippen LogP contribution in [0.4, 0.5) is 10.6 Å². The van der Waals surface area contributed by atoms with E-state index in [0.29, 0.717) is 11.3 Å². The molecule has 2 aromatic rings. The molecular weight excluding hydrogens is 470 g/mol. The van der Waals surface area contributed by atoms with E-state index in [1.54, 1.807) is 67.5 Å². The zero-order valence-corrected chi connectivity index (χ0v) is 22.2. The van der Waals surface area contributed by atoms with Crippen LogP contribution in [0, 0.1) is 12.3 Å². The van der Waals surface area contributed by atoms with Gasteiger partial charge >= 0.3 is 6.09 Å². The normalized spacial score (nSPS) is 13.3. The van der Waals surface area contributed by atoms with Crippen molar-refractivity contribution in [1.29, 1.82) is 0 Å². The number of sulfone groups is 1. The summed E-state index contributed by atoms with van der Waals surface area (Å²) in [4.78, 5) is 22.7. The van der Waals surface area contributed by atoms with Crippen LogP contribution < -0.4 is 4.90 Å². The standard InChI is InChI=1S/C25H33N3O6S/c1-10-19-21(28(22(29)33-24(4,5)6)23(30)34-25(7,8)9)26-15-20(27-19)17-11-13-18(14-12-17)35(31,32)16(2)3/h1,11-16,22,29H,2-9H3. The quantitative estimate of drug-likeness (QED) is 0.461.